The van der Waals surface area contributed by atoms with E-state index in [9.17, 15) is 4.79 Å². The van der Waals surface area contributed by atoms with Crippen LogP contribution in [0, 0.1) is 0 Å². The molecule has 0 fully saturated rings. The molecule has 3 N–H and O–H groups in total. The monoisotopic (exact) mass is 324 g/mol. The van der Waals surface area contributed by atoms with Crippen molar-refractivity contribution in [2.24, 2.45) is 5.73 Å². The van der Waals surface area contributed by atoms with Crippen LogP contribution in [0.3, 0.4) is 0 Å². The Morgan fingerprint density at radius 2 is 1.95 bits per heavy atom. The molecular weight excluding hydrogens is 307 g/mol. The van der Waals surface area contributed by atoms with E-state index in [1.807, 2.05) is 26.0 Å². The highest BCUT2D eigenvalue weighted by Gasteiger charge is 2.22. The predicted molar refractivity (Wildman–Crippen MR) is 83.4 cm³/mol. The zero-order chi connectivity index (χ0) is 13.9. The highest BCUT2D eigenvalue weighted by Crippen LogP contribution is 2.29. The first-order valence-corrected chi connectivity index (χ1v) is 6.48. The van der Waals surface area contributed by atoms with E-state index in [4.69, 9.17) is 28.9 Å². The number of rotatable bonds is 4. The molecule has 1 aromatic rings. The molecule has 6 heteroatoms. The minimum absolute atomic E-state index is 0. The van der Waals surface area contributed by atoms with E-state index < -0.39 is 6.04 Å². The first-order chi connectivity index (χ1) is 8.24. The molecule has 0 aliphatic rings. The fourth-order valence-corrected chi connectivity index (χ4v) is 1.79. The standard InChI is InChI=1S/C13H18Cl2N2O.ClH/c1-8(16)12(18)17-7-13(2,3)9-4-5-10(14)11(15)6-9;/h4-6,8H,7,16H2,1-3H3,(H,17,18);1H/t8-;/m1./s1. The molecule has 1 atom stereocenters. The molecule has 0 heterocycles. The van der Waals surface area contributed by atoms with Gasteiger partial charge in [-0.05, 0) is 24.6 Å². The molecule has 1 amide bonds. The summed E-state index contributed by atoms with van der Waals surface area (Å²) in [6.45, 7) is 6.19. The van der Waals surface area contributed by atoms with Crippen LogP contribution in [-0.2, 0) is 10.2 Å². The van der Waals surface area contributed by atoms with Crippen LogP contribution in [0.15, 0.2) is 18.2 Å². The summed E-state index contributed by atoms with van der Waals surface area (Å²) in [5, 5.41) is 3.85. The lowest BCUT2D eigenvalue weighted by atomic mass is 9.84. The van der Waals surface area contributed by atoms with Gasteiger partial charge in [-0.1, -0.05) is 43.1 Å². The molecule has 0 unspecified atom stereocenters. The summed E-state index contributed by atoms with van der Waals surface area (Å²) in [7, 11) is 0. The number of nitrogens with two attached hydrogens (primary N) is 1. The molecular formula is C13H19Cl3N2O. The Balaban J connectivity index is 0.00000324. The average Bonchev–Trinajstić information content (AvgIpc) is 2.29. The molecule has 0 bridgehead atoms. The van der Waals surface area contributed by atoms with Crippen molar-refractivity contribution in [2.45, 2.75) is 32.2 Å². The lowest BCUT2D eigenvalue weighted by Gasteiger charge is -2.26. The Bertz CT molecular complexity index is 448. The van der Waals surface area contributed by atoms with Gasteiger partial charge in [-0.3, -0.25) is 4.79 Å². The van der Waals surface area contributed by atoms with Gasteiger partial charge in [-0.2, -0.15) is 0 Å². The van der Waals surface area contributed by atoms with Crippen molar-refractivity contribution in [2.75, 3.05) is 6.54 Å². The largest absolute Gasteiger partial charge is 0.354 e. The van der Waals surface area contributed by atoms with E-state index >= 15 is 0 Å². The molecule has 1 aromatic carbocycles. The Labute approximate surface area is 130 Å². The van der Waals surface area contributed by atoms with Crippen molar-refractivity contribution in [1.29, 1.82) is 0 Å². The summed E-state index contributed by atoms with van der Waals surface area (Å²) in [5.41, 5.74) is 6.28. The Kier molecular flexibility index (Phi) is 7.16. The Morgan fingerprint density at radius 3 is 2.42 bits per heavy atom. The predicted octanol–water partition coefficient (Wildman–Crippen LogP) is 3.16. The van der Waals surface area contributed by atoms with Gasteiger partial charge in [0.1, 0.15) is 0 Å². The summed E-state index contributed by atoms with van der Waals surface area (Å²) < 4.78 is 0. The molecule has 0 radical (unpaired) electrons. The molecule has 0 saturated carbocycles. The second-order valence-electron chi connectivity index (χ2n) is 5.02. The minimum atomic E-state index is -0.505. The Hall–Kier alpha value is -0.480. The zero-order valence-electron chi connectivity index (χ0n) is 11.2. The third-order valence-corrected chi connectivity index (χ3v) is 3.56. The third-order valence-electron chi connectivity index (χ3n) is 2.82. The normalized spacial score (nSPS) is 12.5. The average molecular weight is 326 g/mol. The smallest absolute Gasteiger partial charge is 0.236 e. The zero-order valence-corrected chi connectivity index (χ0v) is 13.5. The highest BCUT2D eigenvalue weighted by atomic mass is 35.5. The van der Waals surface area contributed by atoms with E-state index in [2.05, 4.69) is 5.32 Å². The molecule has 0 aromatic heterocycles. The van der Waals surface area contributed by atoms with Crippen LogP contribution in [0.5, 0.6) is 0 Å². The van der Waals surface area contributed by atoms with Gasteiger partial charge in [0.2, 0.25) is 5.91 Å². The van der Waals surface area contributed by atoms with Crippen LogP contribution in [0.2, 0.25) is 10.0 Å². The number of carbonyl (C=O) groups excluding carboxylic acids is 1. The van der Waals surface area contributed by atoms with Gasteiger partial charge in [-0.25, -0.2) is 0 Å². The van der Waals surface area contributed by atoms with Gasteiger partial charge in [0.25, 0.3) is 0 Å². The van der Waals surface area contributed by atoms with Gasteiger partial charge >= 0.3 is 0 Å². The van der Waals surface area contributed by atoms with Gasteiger partial charge in [0.15, 0.2) is 0 Å². The van der Waals surface area contributed by atoms with Crippen molar-refractivity contribution in [1.82, 2.24) is 5.32 Å². The first-order valence-electron chi connectivity index (χ1n) is 5.73. The summed E-state index contributed by atoms with van der Waals surface area (Å²) >= 11 is 11.9. The van der Waals surface area contributed by atoms with Crippen molar-refractivity contribution < 1.29 is 4.79 Å². The van der Waals surface area contributed by atoms with Crippen LogP contribution >= 0.6 is 35.6 Å². The molecule has 0 spiro atoms. The summed E-state index contributed by atoms with van der Waals surface area (Å²) in [6, 6.07) is 4.98. The molecule has 0 aliphatic carbocycles. The van der Waals surface area contributed by atoms with Gasteiger partial charge < -0.3 is 11.1 Å². The van der Waals surface area contributed by atoms with E-state index in [0.29, 0.717) is 16.6 Å². The second kappa shape index (κ2) is 7.34. The number of carbonyl (C=O) groups is 1. The van der Waals surface area contributed by atoms with E-state index in [1.165, 1.54) is 0 Å². The lowest BCUT2D eigenvalue weighted by Crippen LogP contribution is -2.43. The number of amides is 1. The van der Waals surface area contributed by atoms with Crippen molar-refractivity contribution in [3.05, 3.63) is 33.8 Å². The lowest BCUT2D eigenvalue weighted by molar-refractivity contribution is -0.122. The fourth-order valence-electron chi connectivity index (χ4n) is 1.49. The quantitative estimate of drug-likeness (QED) is 0.893. The minimum Gasteiger partial charge on any atom is -0.354 e. The maximum Gasteiger partial charge on any atom is 0.236 e. The number of benzene rings is 1. The van der Waals surface area contributed by atoms with Gasteiger partial charge in [-0.15, -0.1) is 12.4 Å². The maximum atomic E-state index is 11.5. The maximum absolute atomic E-state index is 11.5. The number of nitrogens with one attached hydrogen (secondary N) is 1. The number of hydrogen-bond donors (Lipinski definition) is 2. The fraction of sp³-hybridized carbons (Fsp3) is 0.462. The number of halogens is 3. The van der Waals surface area contributed by atoms with Gasteiger partial charge in [0, 0.05) is 12.0 Å². The van der Waals surface area contributed by atoms with E-state index in [0.717, 1.165) is 5.56 Å². The molecule has 1 rings (SSSR count). The highest BCUT2D eigenvalue weighted by molar-refractivity contribution is 6.42. The van der Waals surface area contributed by atoms with E-state index in [-0.39, 0.29) is 23.7 Å². The molecule has 3 nitrogen and oxygen atoms in total. The third kappa shape index (κ3) is 5.19. The van der Waals surface area contributed by atoms with Crippen LogP contribution in [0.25, 0.3) is 0 Å². The second-order valence-corrected chi connectivity index (χ2v) is 5.83. The van der Waals surface area contributed by atoms with Crippen LogP contribution in [-0.4, -0.2) is 18.5 Å². The molecule has 108 valence electrons. The van der Waals surface area contributed by atoms with Crippen LogP contribution in [0.4, 0.5) is 0 Å². The van der Waals surface area contributed by atoms with Crippen LogP contribution in [0.1, 0.15) is 26.3 Å². The van der Waals surface area contributed by atoms with Crippen LogP contribution < -0.4 is 11.1 Å². The number of hydrogen-bond acceptors (Lipinski definition) is 2. The summed E-state index contributed by atoms with van der Waals surface area (Å²) in [4.78, 5) is 11.5. The first kappa shape index (κ1) is 18.5. The van der Waals surface area contributed by atoms with Crippen molar-refractivity contribution in [3.8, 4) is 0 Å². The molecule has 0 aliphatic heterocycles. The van der Waals surface area contributed by atoms with E-state index in [1.54, 1.807) is 13.0 Å². The SMILES string of the molecule is C[C@@H](N)C(=O)NCC(C)(C)c1ccc(Cl)c(Cl)c1.Cl. The van der Waals surface area contributed by atoms with Crippen molar-refractivity contribution in [3.63, 3.8) is 0 Å². The van der Waals surface area contributed by atoms with Gasteiger partial charge in [0.05, 0.1) is 16.1 Å². The molecule has 0 saturated heterocycles. The Morgan fingerprint density at radius 1 is 1.37 bits per heavy atom. The molecule has 19 heavy (non-hydrogen) atoms. The summed E-state index contributed by atoms with van der Waals surface area (Å²) in [6.07, 6.45) is 0. The van der Waals surface area contributed by atoms with Crippen molar-refractivity contribution >= 4 is 41.5 Å². The summed E-state index contributed by atoms with van der Waals surface area (Å²) in [5.74, 6) is -0.164. The topological polar surface area (TPSA) is 55.1 Å².